The number of ether oxygens (including phenoxy) is 2. The highest BCUT2D eigenvalue weighted by Gasteiger charge is 2.06. The zero-order chi connectivity index (χ0) is 12.8. The smallest absolute Gasteiger partial charge is 0.337 e. The van der Waals surface area contributed by atoms with E-state index in [-0.39, 0.29) is 5.97 Å². The van der Waals surface area contributed by atoms with Crippen LogP contribution < -0.4 is 4.74 Å². The summed E-state index contributed by atoms with van der Waals surface area (Å²) in [5.41, 5.74) is 2.04. The Kier molecular flexibility index (Phi) is 4.40. The van der Waals surface area contributed by atoms with Crippen molar-refractivity contribution in [1.82, 2.24) is 0 Å². The maximum atomic E-state index is 11.2. The highest BCUT2D eigenvalue weighted by molar-refractivity contribution is 5.89. The number of methoxy groups -OCH3 is 1. The monoisotopic (exact) mass is 246 g/mol. The van der Waals surface area contributed by atoms with Crippen molar-refractivity contribution in [3.8, 4) is 5.75 Å². The van der Waals surface area contributed by atoms with Crippen molar-refractivity contribution in [3.05, 3.63) is 41.5 Å². The summed E-state index contributed by atoms with van der Waals surface area (Å²) in [5, 5.41) is 0. The maximum Gasteiger partial charge on any atom is 0.337 e. The summed E-state index contributed by atoms with van der Waals surface area (Å²) >= 11 is 0. The van der Waals surface area contributed by atoms with E-state index in [0.29, 0.717) is 12.2 Å². The molecule has 1 aliphatic rings. The summed E-state index contributed by atoms with van der Waals surface area (Å²) in [6.07, 6.45) is 7.20. The van der Waals surface area contributed by atoms with E-state index in [1.54, 1.807) is 24.3 Å². The van der Waals surface area contributed by atoms with E-state index < -0.39 is 0 Å². The van der Waals surface area contributed by atoms with Gasteiger partial charge in [-0.05, 0) is 56.0 Å². The molecule has 0 saturated heterocycles. The third-order valence-corrected chi connectivity index (χ3v) is 3.14. The highest BCUT2D eigenvalue weighted by Crippen LogP contribution is 2.23. The van der Waals surface area contributed by atoms with Gasteiger partial charge in [0.05, 0.1) is 12.7 Å². The predicted molar refractivity (Wildman–Crippen MR) is 69.8 cm³/mol. The Bertz CT molecular complexity index is 424. The van der Waals surface area contributed by atoms with Gasteiger partial charge in [-0.1, -0.05) is 5.57 Å². The first-order valence-electron chi connectivity index (χ1n) is 6.28. The number of carbonyl (C=O) groups is 1. The molecular weight excluding hydrogens is 228 g/mol. The quantitative estimate of drug-likeness (QED) is 0.603. The molecule has 0 atom stereocenters. The molecule has 3 nitrogen and oxygen atoms in total. The van der Waals surface area contributed by atoms with Gasteiger partial charge in [0.1, 0.15) is 12.4 Å². The van der Waals surface area contributed by atoms with Crippen LogP contribution in [0, 0.1) is 0 Å². The van der Waals surface area contributed by atoms with E-state index in [1.165, 1.54) is 38.4 Å². The number of allylic oxidation sites excluding steroid dienone is 1. The molecule has 1 saturated carbocycles. The van der Waals surface area contributed by atoms with Crippen LogP contribution in [0.3, 0.4) is 0 Å². The van der Waals surface area contributed by atoms with Crippen LogP contribution in [0.1, 0.15) is 36.0 Å². The van der Waals surface area contributed by atoms with E-state index in [2.05, 4.69) is 10.8 Å². The molecule has 0 aromatic heterocycles. The van der Waals surface area contributed by atoms with Gasteiger partial charge in [-0.2, -0.15) is 0 Å². The van der Waals surface area contributed by atoms with Crippen LogP contribution >= 0.6 is 0 Å². The van der Waals surface area contributed by atoms with Gasteiger partial charge in [-0.25, -0.2) is 4.79 Å². The average molecular weight is 246 g/mol. The molecule has 96 valence electrons. The fourth-order valence-electron chi connectivity index (χ4n) is 2.09. The highest BCUT2D eigenvalue weighted by atomic mass is 16.5. The van der Waals surface area contributed by atoms with Crippen LogP contribution in [0.25, 0.3) is 0 Å². The first kappa shape index (κ1) is 12.7. The maximum absolute atomic E-state index is 11.2. The minimum Gasteiger partial charge on any atom is -0.490 e. The molecule has 1 aromatic rings. The second-order valence-corrected chi connectivity index (χ2v) is 4.40. The zero-order valence-electron chi connectivity index (χ0n) is 10.6. The Balaban J connectivity index is 1.86. The van der Waals surface area contributed by atoms with Crippen LogP contribution in [0.4, 0.5) is 0 Å². The summed E-state index contributed by atoms with van der Waals surface area (Å²) in [7, 11) is 1.38. The van der Waals surface area contributed by atoms with Crippen LogP contribution in [0.2, 0.25) is 0 Å². The van der Waals surface area contributed by atoms with E-state index in [1.807, 2.05) is 0 Å². The summed E-state index contributed by atoms with van der Waals surface area (Å²) in [6.45, 7) is 0.604. The molecule has 0 aliphatic heterocycles. The van der Waals surface area contributed by atoms with E-state index >= 15 is 0 Å². The molecule has 0 bridgehead atoms. The minimum atomic E-state index is -0.324. The van der Waals surface area contributed by atoms with Gasteiger partial charge in [0.25, 0.3) is 0 Å². The number of carbonyl (C=O) groups excluding carboxylic acids is 1. The Morgan fingerprint density at radius 3 is 2.50 bits per heavy atom. The molecule has 0 spiro atoms. The van der Waals surface area contributed by atoms with Crippen LogP contribution in [-0.2, 0) is 4.74 Å². The van der Waals surface area contributed by atoms with Crippen molar-refractivity contribution < 1.29 is 14.3 Å². The molecule has 0 unspecified atom stereocenters. The molecule has 2 rings (SSSR count). The number of benzene rings is 1. The second-order valence-electron chi connectivity index (χ2n) is 4.40. The van der Waals surface area contributed by atoms with Crippen LogP contribution in [-0.4, -0.2) is 19.7 Å². The number of hydrogen-bond acceptors (Lipinski definition) is 3. The summed E-state index contributed by atoms with van der Waals surface area (Å²) in [6, 6.07) is 7.01. The van der Waals surface area contributed by atoms with Gasteiger partial charge < -0.3 is 9.47 Å². The number of hydrogen-bond donors (Lipinski definition) is 0. The average Bonchev–Trinajstić information content (AvgIpc) is 2.92. The number of esters is 1. The SMILES string of the molecule is COC(=O)c1ccc(OCC=C2CCCC2)cc1. The first-order valence-corrected chi connectivity index (χ1v) is 6.28. The van der Waals surface area contributed by atoms with Gasteiger partial charge in [0, 0.05) is 0 Å². The Morgan fingerprint density at radius 1 is 1.22 bits per heavy atom. The van der Waals surface area contributed by atoms with Gasteiger partial charge in [0.15, 0.2) is 0 Å². The van der Waals surface area contributed by atoms with Crippen LogP contribution in [0.5, 0.6) is 5.75 Å². The van der Waals surface area contributed by atoms with Gasteiger partial charge in [-0.15, -0.1) is 0 Å². The Labute approximate surface area is 107 Å². The van der Waals surface area contributed by atoms with Gasteiger partial charge >= 0.3 is 5.97 Å². The zero-order valence-corrected chi connectivity index (χ0v) is 10.6. The first-order chi connectivity index (χ1) is 8.79. The second kappa shape index (κ2) is 6.24. The topological polar surface area (TPSA) is 35.5 Å². The largest absolute Gasteiger partial charge is 0.490 e. The summed E-state index contributed by atoms with van der Waals surface area (Å²) < 4.78 is 10.2. The van der Waals surface area contributed by atoms with Gasteiger partial charge in [0.2, 0.25) is 0 Å². The van der Waals surface area contributed by atoms with Crippen molar-refractivity contribution in [2.45, 2.75) is 25.7 Å². The lowest BCUT2D eigenvalue weighted by atomic mass is 10.2. The number of rotatable bonds is 4. The van der Waals surface area contributed by atoms with E-state index in [9.17, 15) is 4.79 Å². The molecule has 1 fully saturated rings. The van der Waals surface area contributed by atoms with Crippen LogP contribution in [0.15, 0.2) is 35.9 Å². The van der Waals surface area contributed by atoms with Crippen molar-refractivity contribution in [3.63, 3.8) is 0 Å². The normalized spacial score (nSPS) is 14.4. The summed E-state index contributed by atoms with van der Waals surface area (Å²) in [5.74, 6) is 0.451. The molecular formula is C15H18O3. The summed E-state index contributed by atoms with van der Waals surface area (Å²) in [4.78, 5) is 11.2. The molecule has 18 heavy (non-hydrogen) atoms. The van der Waals surface area contributed by atoms with Crippen molar-refractivity contribution >= 4 is 5.97 Å². The lowest BCUT2D eigenvalue weighted by Gasteiger charge is -2.05. The Hall–Kier alpha value is -1.77. The minimum absolute atomic E-state index is 0.324. The van der Waals surface area contributed by atoms with Crippen molar-refractivity contribution in [2.24, 2.45) is 0 Å². The predicted octanol–water partition coefficient (Wildman–Crippen LogP) is 3.35. The lowest BCUT2D eigenvalue weighted by molar-refractivity contribution is 0.0600. The van der Waals surface area contributed by atoms with E-state index in [0.717, 1.165) is 5.75 Å². The molecule has 1 aliphatic carbocycles. The fraction of sp³-hybridized carbons (Fsp3) is 0.400. The Morgan fingerprint density at radius 2 is 1.89 bits per heavy atom. The third-order valence-electron chi connectivity index (χ3n) is 3.14. The molecule has 3 heteroatoms. The molecule has 0 radical (unpaired) electrons. The van der Waals surface area contributed by atoms with Crippen molar-refractivity contribution in [1.29, 1.82) is 0 Å². The molecule has 0 heterocycles. The lowest BCUT2D eigenvalue weighted by Crippen LogP contribution is -2.01. The fourth-order valence-corrected chi connectivity index (χ4v) is 2.09. The van der Waals surface area contributed by atoms with Crippen molar-refractivity contribution in [2.75, 3.05) is 13.7 Å². The molecule has 0 amide bonds. The third kappa shape index (κ3) is 3.36. The van der Waals surface area contributed by atoms with E-state index in [4.69, 9.17) is 4.74 Å². The van der Waals surface area contributed by atoms with Gasteiger partial charge in [-0.3, -0.25) is 0 Å². The molecule has 1 aromatic carbocycles. The molecule has 0 N–H and O–H groups in total. The standard InChI is InChI=1S/C15H18O3/c1-17-15(16)13-6-8-14(9-7-13)18-11-10-12-4-2-3-5-12/h6-10H,2-5,11H2,1H3.